The summed E-state index contributed by atoms with van der Waals surface area (Å²) in [5, 5.41) is 2.38. The van der Waals surface area contributed by atoms with Gasteiger partial charge in [0.05, 0.1) is 25.2 Å². The fourth-order valence-electron chi connectivity index (χ4n) is 1.79. The molecular formula is C14H16BrN5O4S. The van der Waals surface area contributed by atoms with E-state index in [4.69, 9.17) is 9.47 Å². The second-order valence-corrected chi connectivity index (χ2v) is 7.39. The van der Waals surface area contributed by atoms with Gasteiger partial charge in [0.25, 0.3) is 0 Å². The SMILES string of the molecule is CN=S(=O)(NC(=O)Nc1nc(OC)cc(OC)n1)c1ccccc1Br. The van der Waals surface area contributed by atoms with Crippen molar-refractivity contribution in [2.45, 2.75) is 4.90 Å². The van der Waals surface area contributed by atoms with Gasteiger partial charge < -0.3 is 9.47 Å². The first-order valence-electron chi connectivity index (χ1n) is 6.87. The fourth-order valence-corrected chi connectivity index (χ4v) is 4.03. The first-order chi connectivity index (χ1) is 11.9. The van der Waals surface area contributed by atoms with E-state index < -0.39 is 15.9 Å². The lowest BCUT2D eigenvalue weighted by Gasteiger charge is -2.13. The number of hydrogen-bond donors (Lipinski definition) is 2. The number of aromatic nitrogens is 2. The van der Waals surface area contributed by atoms with Crippen molar-refractivity contribution in [2.75, 3.05) is 26.6 Å². The van der Waals surface area contributed by atoms with E-state index in [0.29, 0.717) is 9.37 Å². The molecule has 0 aliphatic carbocycles. The largest absolute Gasteiger partial charge is 0.481 e. The molecule has 2 N–H and O–H groups in total. The van der Waals surface area contributed by atoms with Crippen molar-refractivity contribution < 1.29 is 18.5 Å². The predicted octanol–water partition coefficient (Wildman–Crippen LogP) is 2.45. The number of nitrogens with one attached hydrogen (secondary N) is 2. The Morgan fingerprint density at radius 3 is 2.32 bits per heavy atom. The van der Waals surface area contributed by atoms with Gasteiger partial charge in [0.2, 0.25) is 17.7 Å². The number of hydrogen-bond acceptors (Lipinski definition) is 7. The minimum absolute atomic E-state index is 0.0707. The van der Waals surface area contributed by atoms with Crippen molar-refractivity contribution in [3.8, 4) is 11.8 Å². The Morgan fingerprint density at radius 2 is 1.80 bits per heavy atom. The Labute approximate surface area is 153 Å². The third-order valence-corrected chi connectivity index (χ3v) is 5.83. The van der Waals surface area contributed by atoms with E-state index in [1.165, 1.54) is 27.3 Å². The van der Waals surface area contributed by atoms with Crippen LogP contribution in [-0.4, -0.2) is 41.5 Å². The van der Waals surface area contributed by atoms with E-state index >= 15 is 0 Å². The molecule has 0 spiro atoms. The maximum atomic E-state index is 13.0. The van der Waals surface area contributed by atoms with E-state index in [0.717, 1.165) is 0 Å². The molecule has 1 unspecified atom stereocenters. The summed E-state index contributed by atoms with van der Waals surface area (Å²) >= 11 is 3.30. The number of anilines is 1. The smallest absolute Gasteiger partial charge is 0.334 e. The van der Waals surface area contributed by atoms with Crippen molar-refractivity contribution in [1.82, 2.24) is 14.7 Å². The number of rotatable bonds is 5. The second kappa shape index (κ2) is 8.12. The van der Waals surface area contributed by atoms with Gasteiger partial charge >= 0.3 is 6.03 Å². The van der Waals surface area contributed by atoms with Crippen LogP contribution in [0.4, 0.5) is 10.7 Å². The van der Waals surface area contributed by atoms with Crippen LogP contribution >= 0.6 is 15.9 Å². The fraction of sp³-hybridized carbons (Fsp3) is 0.214. The number of urea groups is 1. The topological polar surface area (TPSA) is 115 Å². The van der Waals surface area contributed by atoms with E-state index in [1.807, 2.05) is 0 Å². The van der Waals surface area contributed by atoms with Gasteiger partial charge in [0.15, 0.2) is 9.92 Å². The van der Waals surface area contributed by atoms with Crippen LogP contribution in [0.2, 0.25) is 0 Å². The van der Waals surface area contributed by atoms with E-state index in [9.17, 15) is 9.00 Å². The van der Waals surface area contributed by atoms with Gasteiger partial charge in [-0.15, -0.1) is 0 Å². The molecule has 134 valence electrons. The molecule has 1 atom stereocenters. The van der Waals surface area contributed by atoms with Gasteiger partial charge in [-0.2, -0.15) is 9.97 Å². The summed E-state index contributed by atoms with van der Waals surface area (Å²) < 4.78 is 29.7. The summed E-state index contributed by atoms with van der Waals surface area (Å²) in [4.78, 5) is 20.5. The van der Waals surface area contributed by atoms with Crippen molar-refractivity contribution in [3.05, 3.63) is 34.8 Å². The molecular weight excluding hydrogens is 414 g/mol. The second-order valence-electron chi connectivity index (χ2n) is 4.47. The van der Waals surface area contributed by atoms with E-state index in [1.54, 1.807) is 24.3 Å². The maximum Gasteiger partial charge on any atom is 0.334 e. The van der Waals surface area contributed by atoms with Crippen LogP contribution in [0.3, 0.4) is 0 Å². The Balaban J connectivity index is 2.25. The molecule has 0 radical (unpaired) electrons. The Hall–Kier alpha value is -2.40. The zero-order valence-corrected chi connectivity index (χ0v) is 16.1. The lowest BCUT2D eigenvalue weighted by Crippen LogP contribution is -2.35. The molecule has 1 heterocycles. The standard InChI is InChI=1S/C14H16BrN5O4S/c1-16-25(22,10-7-5-4-6-9(10)15)20-14(21)19-13-17-11(23-2)8-12(18-13)24-3/h4-8H,1-3H3,(H2,16,17,18,19,20,21,22). The zero-order valence-electron chi connectivity index (χ0n) is 13.6. The molecule has 11 heteroatoms. The summed E-state index contributed by atoms with van der Waals surface area (Å²) in [6.07, 6.45) is 0. The average Bonchev–Trinajstić information content (AvgIpc) is 2.61. The van der Waals surface area contributed by atoms with Crippen LogP contribution in [0, 0.1) is 0 Å². The molecule has 0 aliphatic heterocycles. The van der Waals surface area contributed by atoms with E-state index in [2.05, 4.69) is 40.3 Å². The highest BCUT2D eigenvalue weighted by Gasteiger charge is 2.19. The lowest BCUT2D eigenvalue weighted by molar-refractivity contribution is 0.256. The molecule has 9 nitrogen and oxygen atoms in total. The van der Waals surface area contributed by atoms with Crippen LogP contribution in [-0.2, 0) is 9.92 Å². The van der Waals surface area contributed by atoms with Gasteiger partial charge in [-0.3, -0.25) is 5.32 Å². The number of amides is 2. The Bertz CT molecular complexity index is 876. The minimum atomic E-state index is -3.19. The number of methoxy groups -OCH3 is 2. The van der Waals surface area contributed by atoms with Crippen molar-refractivity contribution in [1.29, 1.82) is 0 Å². The van der Waals surface area contributed by atoms with Crippen molar-refractivity contribution in [2.24, 2.45) is 4.36 Å². The molecule has 2 amide bonds. The highest BCUT2D eigenvalue weighted by atomic mass is 79.9. The number of carbonyl (C=O) groups is 1. The summed E-state index contributed by atoms with van der Waals surface area (Å²) in [6.45, 7) is 0. The van der Waals surface area contributed by atoms with Crippen molar-refractivity contribution >= 4 is 37.8 Å². The third-order valence-electron chi connectivity index (χ3n) is 2.95. The molecule has 2 aromatic rings. The van der Waals surface area contributed by atoms with E-state index in [-0.39, 0.29) is 17.7 Å². The van der Waals surface area contributed by atoms with Gasteiger partial charge in [-0.25, -0.2) is 18.1 Å². The Kier molecular flexibility index (Phi) is 6.15. The molecule has 0 bridgehead atoms. The molecule has 1 aromatic heterocycles. The monoisotopic (exact) mass is 429 g/mol. The molecule has 1 aromatic carbocycles. The number of ether oxygens (including phenoxy) is 2. The molecule has 2 rings (SSSR count). The predicted molar refractivity (Wildman–Crippen MR) is 96.2 cm³/mol. The van der Waals surface area contributed by atoms with Crippen molar-refractivity contribution in [3.63, 3.8) is 0 Å². The van der Waals surface area contributed by atoms with Gasteiger partial charge in [0.1, 0.15) is 0 Å². The highest BCUT2D eigenvalue weighted by Crippen LogP contribution is 2.22. The Morgan fingerprint density at radius 1 is 1.20 bits per heavy atom. The van der Waals surface area contributed by atoms with Crippen LogP contribution in [0.15, 0.2) is 44.1 Å². The third kappa shape index (κ3) is 4.57. The number of nitrogens with zero attached hydrogens (tertiary/aromatic N) is 3. The minimum Gasteiger partial charge on any atom is -0.481 e. The van der Waals surface area contributed by atoms with Gasteiger partial charge in [0, 0.05) is 11.5 Å². The van der Waals surface area contributed by atoms with Crippen LogP contribution in [0.1, 0.15) is 0 Å². The maximum absolute atomic E-state index is 13.0. The first kappa shape index (κ1) is 18.9. The number of benzene rings is 1. The normalized spacial score (nSPS) is 12.6. The molecule has 0 fully saturated rings. The summed E-state index contributed by atoms with van der Waals surface area (Å²) in [5.41, 5.74) is 0. The molecule has 25 heavy (non-hydrogen) atoms. The summed E-state index contributed by atoms with van der Waals surface area (Å²) in [5.74, 6) is 0.335. The lowest BCUT2D eigenvalue weighted by atomic mass is 10.4. The summed E-state index contributed by atoms with van der Waals surface area (Å²) in [7, 11) is 1.00. The van der Waals surface area contributed by atoms with Crippen LogP contribution < -0.4 is 19.5 Å². The van der Waals surface area contributed by atoms with Gasteiger partial charge in [-0.1, -0.05) is 12.1 Å². The zero-order chi connectivity index (χ0) is 18.4. The number of halogens is 1. The van der Waals surface area contributed by atoms with Crippen LogP contribution in [0.5, 0.6) is 11.8 Å². The molecule has 0 saturated heterocycles. The quantitative estimate of drug-likeness (QED) is 0.753. The highest BCUT2D eigenvalue weighted by molar-refractivity contribution is 9.10. The van der Waals surface area contributed by atoms with Crippen LogP contribution in [0.25, 0.3) is 0 Å². The van der Waals surface area contributed by atoms with Gasteiger partial charge in [-0.05, 0) is 28.1 Å². The number of carbonyl (C=O) groups excluding carboxylic acids is 1. The molecule has 0 saturated carbocycles. The first-order valence-corrected chi connectivity index (χ1v) is 9.18. The summed E-state index contributed by atoms with van der Waals surface area (Å²) in [6, 6.07) is 7.43. The average molecular weight is 430 g/mol. The molecule has 0 aliphatic rings.